The lowest BCUT2D eigenvalue weighted by Gasteiger charge is -2.32. The number of phenols is 1. The molecular formula is C26H37NO7. The number of phenolic OH excluding ortho intramolecular Hbond substituents is 1. The number of aliphatic carboxylic acids is 2. The molecule has 0 fully saturated rings. The molecule has 188 valence electrons. The highest BCUT2D eigenvalue weighted by atomic mass is 16.4. The zero-order chi connectivity index (χ0) is 26.0. The van der Waals surface area contributed by atoms with Crippen LogP contribution in [0, 0.1) is 6.92 Å². The highest BCUT2D eigenvalue weighted by Gasteiger charge is 2.29. The van der Waals surface area contributed by atoms with Crippen LogP contribution >= 0.6 is 0 Å². The molecule has 0 aliphatic carbocycles. The number of hydrogen-bond acceptors (Lipinski definition) is 6. The lowest BCUT2D eigenvalue weighted by atomic mass is 9.85. The quantitative estimate of drug-likeness (QED) is 0.353. The Morgan fingerprint density at radius 3 is 1.79 bits per heavy atom. The average Bonchev–Trinajstić information content (AvgIpc) is 2.78. The van der Waals surface area contributed by atoms with E-state index in [1.165, 1.54) is 16.7 Å². The molecule has 8 heteroatoms. The topological polar surface area (TPSA) is 139 Å². The van der Waals surface area contributed by atoms with Gasteiger partial charge in [0.25, 0.3) is 0 Å². The maximum absolute atomic E-state index is 9.98. The maximum Gasteiger partial charge on any atom is 0.335 e. The van der Waals surface area contributed by atoms with Gasteiger partial charge in [-0.2, -0.15) is 0 Å². The Bertz CT molecular complexity index is 889. The molecule has 5 N–H and O–H groups in total. The van der Waals surface area contributed by atoms with Crippen LogP contribution in [0.1, 0.15) is 56.7 Å². The van der Waals surface area contributed by atoms with Gasteiger partial charge in [0.2, 0.25) is 0 Å². The second kappa shape index (κ2) is 13.7. The fourth-order valence-electron chi connectivity index (χ4n) is 3.85. The number of hydrogen-bond donors (Lipinski definition) is 5. The first-order valence-electron chi connectivity index (χ1n) is 11.3. The molecule has 0 aromatic heterocycles. The van der Waals surface area contributed by atoms with E-state index in [9.17, 15) is 14.7 Å². The van der Waals surface area contributed by atoms with E-state index < -0.39 is 24.1 Å². The predicted molar refractivity (Wildman–Crippen MR) is 130 cm³/mol. The molecule has 2 rings (SSSR count). The minimum Gasteiger partial charge on any atom is -0.508 e. The average molecular weight is 476 g/mol. The van der Waals surface area contributed by atoms with Gasteiger partial charge in [-0.15, -0.1) is 0 Å². The minimum atomic E-state index is -2.27. The van der Waals surface area contributed by atoms with Crippen molar-refractivity contribution < 1.29 is 35.1 Å². The van der Waals surface area contributed by atoms with Crippen LogP contribution in [0.15, 0.2) is 48.5 Å². The highest BCUT2D eigenvalue weighted by molar-refractivity contribution is 5.83. The van der Waals surface area contributed by atoms with Crippen LogP contribution in [0.5, 0.6) is 5.75 Å². The van der Waals surface area contributed by atoms with Crippen molar-refractivity contribution in [1.29, 1.82) is 0 Å². The van der Waals surface area contributed by atoms with Crippen molar-refractivity contribution in [3.8, 4) is 5.75 Å². The van der Waals surface area contributed by atoms with Crippen molar-refractivity contribution in [3.63, 3.8) is 0 Å². The van der Waals surface area contributed by atoms with Crippen molar-refractivity contribution in [2.75, 3.05) is 6.54 Å². The first kappa shape index (κ1) is 29.1. The minimum absolute atomic E-state index is 0.304. The van der Waals surface area contributed by atoms with E-state index >= 15 is 0 Å². The molecule has 8 nitrogen and oxygen atoms in total. The van der Waals surface area contributed by atoms with Crippen LogP contribution < -0.4 is 0 Å². The fraction of sp³-hybridized carbons (Fsp3) is 0.462. The summed E-state index contributed by atoms with van der Waals surface area (Å²) in [6.07, 6.45) is -3.49. The zero-order valence-corrected chi connectivity index (χ0v) is 20.4. The molecule has 2 aromatic rings. The number of aliphatic hydroxyl groups excluding tert-OH is 2. The third kappa shape index (κ3) is 8.78. The van der Waals surface area contributed by atoms with E-state index in [0.717, 1.165) is 13.0 Å². The van der Waals surface area contributed by atoms with Gasteiger partial charge in [0, 0.05) is 18.0 Å². The second-order valence-corrected chi connectivity index (χ2v) is 8.78. The molecule has 3 atom stereocenters. The van der Waals surface area contributed by atoms with Gasteiger partial charge in [0.1, 0.15) is 5.75 Å². The van der Waals surface area contributed by atoms with Gasteiger partial charge < -0.3 is 25.5 Å². The number of aromatic hydroxyl groups is 1. The second-order valence-electron chi connectivity index (χ2n) is 8.78. The molecule has 0 aliphatic heterocycles. The summed E-state index contributed by atoms with van der Waals surface area (Å²) in [7, 11) is 0. The first-order chi connectivity index (χ1) is 15.9. The smallest absolute Gasteiger partial charge is 0.335 e. The maximum atomic E-state index is 9.98. The van der Waals surface area contributed by atoms with Gasteiger partial charge in [-0.3, -0.25) is 4.90 Å². The highest BCUT2D eigenvalue weighted by Crippen LogP contribution is 2.33. The van der Waals surface area contributed by atoms with Crippen molar-refractivity contribution in [2.24, 2.45) is 0 Å². The van der Waals surface area contributed by atoms with E-state index in [-0.39, 0.29) is 0 Å². The number of rotatable bonds is 10. The summed E-state index contributed by atoms with van der Waals surface area (Å²) in [5.41, 5.74) is 3.79. The van der Waals surface area contributed by atoms with Gasteiger partial charge in [-0.1, -0.05) is 36.4 Å². The summed E-state index contributed by atoms with van der Waals surface area (Å²) in [5.74, 6) is -2.88. The van der Waals surface area contributed by atoms with Crippen molar-refractivity contribution >= 4 is 11.9 Å². The molecule has 0 spiro atoms. The van der Waals surface area contributed by atoms with E-state index in [4.69, 9.17) is 20.4 Å². The SMILES string of the molecule is Cc1ccc(O)cc1[C@H](CCN(C(C)C)C(C)C)c1ccccc1.O=C(O)[C@H](O)[C@@H](O)C(=O)O. The number of carboxylic acid groups (broad SMARTS) is 2. The van der Waals surface area contributed by atoms with Crippen LogP contribution in [-0.2, 0) is 9.59 Å². The Kier molecular flexibility index (Phi) is 11.7. The van der Waals surface area contributed by atoms with Crippen LogP contribution in [-0.4, -0.2) is 73.2 Å². The Labute approximate surface area is 201 Å². The predicted octanol–water partition coefficient (Wildman–Crippen LogP) is 3.22. The Balaban J connectivity index is 0.000000489. The van der Waals surface area contributed by atoms with E-state index in [2.05, 4.69) is 69.9 Å². The molecule has 0 saturated heterocycles. The summed E-state index contributed by atoms with van der Waals surface area (Å²) in [4.78, 5) is 22.1. The molecule has 2 aromatic carbocycles. The Morgan fingerprint density at radius 2 is 1.35 bits per heavy atom. The van der Waals surface area contributed by atoms with Crippen LogP contribution in [0.4, 0.5) is 0 Å². The van der Waals surface area contributed by atoms with Crippen molar-refractivity contribution in [3.05, 3.63) is 65.2 Å². The van der Waals surface area contributed by atoms with Gasteiger partial charge in [-0.25, -0.2) is 9.59 Å². The van der Waals surface area contributed by atoms with Crippen LogP contribution in [0.2, 0.25) is 0 Å². The van der Waals surface area contributed by atoms with Crippen molar-refractivity contribution in [1.82, 2.24) is 4.90 Å². The van der Waals surface area contributed by atoms with Gasteiger partial charge >= 0.3 is 11.9 Å². The van der Waals surface area contributed by atoms with Gasteiger partial charge in [0.05, 0.1) is 0 Å². The normalized spacial score (nSPS) is 13.8. The largest absolute Gasteiger partial charge is 0.508 e. The Morgan fingerprint density at radius 1 is 0.853 bits per heavy atom. The zero-order valence-electron chi connectivity index (χ0n) is 20.4. The third-order valence-electron chi connectivity index (χ3n) is 5.65. The van der Waals surface area contributed by atoms with E-state index in [1.54, 1.807) is 6.07 Å². The lowest BCUT2D eigenvalue weighted by Crippen LogP contribution is -2.39. The molecule has 0 heterocycles. The summed E-state index contributed by atoms with van der Waals surface area (Å²) in [6.45, 7) is 12.2. The molecule has 0 radical (unpaired) electrons. The number of benzene rings is 2. The molecule has 34 heavy (non-hydrogen) atoms. The summed E-state index contributed by atoms with van der Waals surface area (Å²) >= 11 is 0. The lowest BCUT2D eigenvalue weighted by molar-refractivity contribution is -0.165. The van der Waals surface area contributed by atoms with Crippen molar-refractivity contribution in [2.45, 2.75) is 71.2 Å². The van der Waals surface area contributed by atoms with Crippen LogP contribution in [0.3, 0.4) is 0 Å². The first-order valence-corrected chi connectivity index (χ1v) is 11.3. The number of nitrogens with zero attached hydrogens (tertiary/aromatic N) is 1. The third-order valence-corrected chi connectivity index (χ3v) is 5.65. The number of carboxylic acids is 2. The van der Waals surface area contributed by atoms with Gasteiger partial charge in [0.15, 0.2) is 12.2 Å². The summed E-state index contributed by atoms with van der Waals surface area (Å²) < 4.78 is 0. The van der Waals surface area contributed by atoms with E-state index in [1.807, 2.05) is 12.1 Å². The molecule has 0 unspecified atom stereocenters. The molecule has 0 aliphatic rings. The van der Waals surface area contributed by atoms with Crippen LogP contribution in [0.25, 0.3) is 0 Å². The van der Waals surface area contributed by atoms with Gasteiger partial charge in [-0.05, 0) is 76.4 Å². The molecule has 0 bridgehead atoms. The monoisotopic (exact) mass is 475 g/mol. The fourth-order valence-corrected chi connectivity index (χ4v) is 3.85. The Hall–Kier alpha value is -2.94. The molecular weight excluding hydrogens is 438 g/mol. The summed E-state index contributed by atoms with van der Waals surface area (Å²) in [6, 6.07) is 17.4. The summed E-state index contributed by atoms with van der Waals surface area (Å²) in [5, 5.41) is 42.5. The number of carbonyl (C=O) groups is 2. The molecule has 0 amide bonds. The number of aryl methyl sites for hydroxylation is 1. The standard InChI is InChI=1S/C22H31NO.C4H6O6/c1-16(2)23(17(3)4)14-13-21(19-9-7-6-8-10-19)22-15-20(24)12-11-18(22)5;5-1(3(7)8)2(6)4(9)10/h6-12,15-17,21,24H,13-14H2,1-5H3;1-2,5-6H,(H,7,8)(H,9,10)/t21-;1-,2-/m11/s1. The number of aliphatic hydroxyl groups is 2. The molecule has 0 saturated carbocycles. The van der Waals surface area contributed by atoms with E-state index in [0.29, 0.717) is 23.8 Å².